The molecule has 0 saturated carbocycles. The van der Waals surface area contributed by atoms with Crippen LogP contribution < -0.4 is 10.6 Å². The van der Waals surface area contributed by atoms with Crippen LogP contribution in [0.1, 0.15) is 36.8 Å². The van der Waals surface area contributed by atoms with Gasteiger partial charge in [-0.25, -0.2) is 9.67 Å². The molecule has 1 aliphatic rings. The number of pyridine rings is 1. The number of nitrogens with one attached hydrogen (secondary N) is 2. The summed E-state index contributed by atoms with van der Waals surface area (Å²) >= 11 is 0. The van der Waals surface area contributed by atoms with Crippen LogP contribution in [0.3, 0.4) is 0 Å². The second-order valence-electron chi connectivity index (χ2n) is 8.64. The van der Waals surface area contributed by atoms with Crippen molar-refractivity contribution in [3.05, 3.63) is 60.0 Å². The van der Waals surface area contributed by atoms with Crippen molar-refractivity contribution in [2.75, 3.05) is 36.8 Å². The largest absolute Gasteiger partial charge is 0.381 e. The van der Waals surface area contributed by atoms with E-state index in [1.54, 1.807) is 52.0 Å². The second-order valence-corrected chi connectivity index (χ2v) is 8.64. The molecule has 0 radical (unpaired) electrons. The maximum absolute atomic E-state index is 13.0. The molecule has 10 nitrogen and oxygen atoms in total. The van der Waals surface area contributed by atoms with E-state index in [2.05, 4.69) is 26.8 Å². The minimum absolute atomic E-state index is 0.0242. The van der Waals surface area contributed by atoms with Crippen LogP contribution in [0.5, 0.6) is 0 Å². The standard InChI is InChI=1S/C25H28N8O2/c1-17(2)28-22-14-24(29-20-6-4-19(15-26)5-7-20)27-16-23(22)33-9-8-21(30-33)25(35)32-12-10-31(11-13-32)18(3)34/h4-9,14,16-17H,10-13H2,1-3H3,(H2,27,28,29). The summed E-state index contributed by atoms with van der Waals surface area (Å²) in [6.07, 6.45) is 3.44. The smallest absolute Gasteiger partial charge is 0.274 e. The Morgan fingerprint density at radius 2 is 1.74 bits per heavy atom. The molecule has 3 heterocycles. The highest BCUT2D eigenvalue weighted by Crippen LogP contribution is 2.25. The van der Waals surface area contributed by atoms with Crippen LogP contribution in [0.25, 0.3) is 5.69 Å². The summed E-state index contributed by atoms with van der Waals surface area (Å²) in [4.78, 5) is 32.5. The zero-order valence-electron chi connectivity index (χ0n) is 20.0. The third kappa shape index (κ3) is 5.58. The number of nitrogens with zero attached hydrogens (tertiary/aromatic N) is 6. The number of carbonyl (C=O) groups is 2. The number of amides is 2. The Labute approximate surface area is 204 Å². The summed E-state index contributed by atoms with van der Waals surface area (Å²) in [5, 5.41) is 20.2. The molecule has 0 bridgehead atoms. The molecule has 2 aromatic heterocycles. The van der Waals surface area contributed by atoms with Gasteiger partial charge in [0.15, 0.2) is 5.69 Å². The topological polar surface area (TPSA) is 119 Å². The van der Waals surface area contributed by atoms with E-state index in [0.29, 0.717) is 48.9 Å². The van der Waals surface area contributed by atoms with Gasteiger partial charge in [0.25, 0.3) is 5.91 Å². The highest BCUT2D eigenvalue weighted by molar-refractivity contribution is 5.92. The normalized spacial score (nSPS) is 13.5. The molecule has 1 aliphatic heterocycles. The van der Waals surface area contributed by atoms with E-state index in [-0.39, 0.29) is 17.9 Å². The van der Waals surface area contributed by atoms with E-state index in [9.17, 15) is 9.59 Å². The first-order valence-electron chi connectivity index (χ1n) is 11.5. The van der Waals surface area contributed by atoms with Crippen LogP contribution in [0, 0.1) is 11.3 Å². The van der Waals surface area contributed by atoms with Crippen molar-refractivity contribution in [3.8, 4) is 11.8 Å². The third-order valence-corrected chi connectivity index (χ3v) is 5.68. The van der Waals surface area contributed by atoms with Crippen molar-refractivity contribution in [2.45, 2.75) is 26.8 Å². The first-order valence-corrected chi connectivity index (χ1v) is 11.5. The number of hydrogen-bond donors (Lipinski definition) is 2. The van der Waals surface area contributed by atoms with Crippen LogP contribution in [0.15, 0.2) is 48.8 Å². The van der Waals surface area contributed by atoms with Gasteiger partial charge in [-0.05, 0) is 44.2 Å². The van der Waals surface area contributed by atoms with Crippen LogP contribution >= 0.6 is 0 Å². The van der Waals surface area contributed by atoms with Gasteiger partial charge < -0.3 is 20.4 Å². The highest BCUT2D eigenvalue weighted by atomic mass is 16.2. The number of nitriles is 1. The molecule has 0 unspecified atom stereocenters. The Hall–Kier alpha value is -4.39. The van der Waals surface area contributed by atoms with Crippen LogP contribution in [0.4, 0.5) is 17.2 Å². The first-order chi connectivity index (χ1) is 16.8. The number of aromatic nitrogens is 3. The molecule has 1 aromatic carbocycles. The van der Waals surface area contributed by atoms with Gasteiger partial charge in [-0.15, -0.1) is 0 Å². The Kier molecular flexibility index (Phi) is 6.96. The summed E-state index contributed by atoms with van der Waals surface area (Å²) in [7, 11) is 0. The van der Waals surface area contributed by atoms with E-state index >= 15 is 0 Å². The van der Waals surface area contributed by atoms with Gasteiger partial charge in [0.05, 0.1) is 23.5 Å². The molecule has 2 amide bonds. The summed E-state index contributed by atoms with van der Waals surface area (Å²) in [6, 6.07) is 13.0. The van der Waals surface area contributed by atoms with Crippen molar-refractivity contribution < 1.29 is 9.59 Å². The lowest BCUT2D eigenvalue weighted by Gasteiger charge is -2.33. The number of carbonyl (C=O) groups excluding carboxylic acids is 2. The summed E-state index contributed by atoms with van der Waals surface area (Å²) in [5.41, 5.74) is 3.27. The summed E-state index contributed by atoms with van der Waals surface area (Å²) in [6.45, 7) is 7.66. The predicted octanol–water partition coefficient (Wildman–Crippen LogP) is 3.01. The first kappa shape index (κ1) is 23.8. The molecule has 10 heteroatoms. The van der Waals surface area contributed by atoms with Crippen LogP contribution in [0.2, 0.25) is 0 Å². The lowest BCUT2D eigenvalue weighted by molar-refractivity contribution is -0.130. The number of benzene rings is 1. The second kappa shape index (κ2) is 10.3. The zero-order chi connectivity index (χ0) is 24.9. The third-order valence-electron chi connectivity index (χ3n) is 5.68. The zero-order valence-corrected chi connectivity index (χ0v) is 20.0. The van der Waals surface area contributed by atoms with Gasteiger partial charge >= 0.3 is 0 Å². The average molecular weight is 473 g/mol. The van der Waals surface area contributed by atoms with E-state index in [1.807, 2.05) is 32.0 Å². The highest BCUT2D eigenvalue weighted by Gasteiger charge is 2.25. The van der Waals surface area contributed by atoms with Crippen LogP contribution in [-0.4, -0.2) is 68.6 Å². The van der Waals surface area contributed by atoms with Crippen molar-refractivity contribution >= 4 is 29.0 Å². The monoisotopic (exact) mass is 472 g/mol. The van der Waals surface area contributed by atoms with Crippen molar-refractivity contribution in [1.82, 2.24) is 24.6 Å². The van der Waals surface area contributed by atoms with E-state index in [0.717, 1.165) is 11.4 Å². The molecule has 0 atom stereocenters. The Morgan fingerprint density at radius 1 is 1.06 bits per heavy atom. The van der Waals surface area contributed by atoms with Gasteiger partial charge in [-0.1, -0.05) is 0 Å². The number of rotatable bonds is 6. The number of piperazine rings is 1. The molecule has 1 saturated heterocycles. The summed E-state index contributed by atoms with van der Waals surface area (Å²) in [5.74, 6) is 0.502. The SMILES string of the molecule is CC(=O)N1CCN(C(=O)c2ccn(-c3cnc(Nc4ccc(C#N)cc4)cc3NC(C)C)n2)CC1. The fraction of sp³-hybridized carbons (Fsp3) is 0.320. The molecule has 2 N–H and O–H groups in total. The van der Waals surface area contributed by atoms with E-state index in [4.69, 9.17) is 5.26 Å². The molecule has 4 rings (SSSR count). The number of anilines is 3. The Morgan fingerprint density at radius 3 is 2.37 bits per heavy atom. The number of hydrogen-bond acceptors (Lipinski definition) is 7. The van der Waals surface area contributed by atoms with E-state index < -0.39 is 0 Å². The quantitative estimate of drug-likeness (QED) is 0.566. The Balaban J connectivity index is 1.53. The maximum Gasteiger partial charge on any atom is 0.274 e. The molecule has 3 aromatic rings. The predicted molar refractivity (Wildman–Crippen MR) is 133 cm³/mol. The van der Waals surface area contributed by atoms with Gasteiger partial charge in [0.2, 0.25) is 5.91 Å². The van der Waals surface area contributed by atoms with Crippen molar-refractivity contribution in [3.63, 3.8) is 0 Å². The average Bonchev–Trinajstić information content (AvgIpc) is 3.34. The van der Waals surface area contributed by atoms with Gasteiger partial charge in [-0.3, -0.25) is 9.59 Å². The Bertz CT molecular complexity index is 1250. The fourth-order valence-corrected chi connectivity index (χ4v) is 3.86. The lowest BCUT2D eigenvalue weighted by Crippen LogP contribution is -2.50. The van der Waals surface area contributed by atoms with Crippen molar-refractivity contribution in [2.24, 2.45) is 0 Å². The molecule has 35 heavy (non-hydrogen) atoms. The molecular weight excluding hydrogens is 444 g/mol. The lowest BCUT2D eigenvalue weighted by atomic mass is 10.2. The van der Waals surface area contributed by atoms with Gasteiger partial charge in [0, 0.05) is 57.1 Å². The van der Waals surface area contributed by atoms with Crippen molar-refractivity contribution in [1.29, 1.82) is 5.26 Å². The maximum atomic E-state index is 13.0. The van der Waals surface area contributed by atoms with Gasteiger partial charge in [0.1, 0.15) is 11.5 Å². The van der Waals surface area contributed by atoms with Gasteiger partial charge in [-0.2, -0.15) is 10.4 Å². The molecule has 0 spiro atoms. The molecule has 180 valence electrons. The molecular formula is C25H28N8O2. The minimum atomic E-state index is -0.155. The molecule has 0 aliphatic carbocycles. The van der Waals surface area contributed by atoms with Crippen LogP contribution in [-0.2, 0) is 4.79 Å². The van der Waals surface area contributed by atoms with E-state index in [1.165, 1.54) is 0 Å². The fourth-order valence-electron chi connectivity index (χ4n) is 3.86. The summed E-state index contributed by atoms with van der Waals surface area (Å²) < 4.78 is 1.64. The molecule has 1 fully saturated rings. The minimum Gasteiger partial charge on any atom is -0.381 e.